The number of H-pyrrole nitrogens is 1. The Morgan fingerprint density at radius 3 is 2.42 bits per heavy atom. The van der Waals surface area contributed by atoms with E-state index in [2.05, 4.69) is 9.97 Å². The SMILES string of the molecule is Cc1[nH]c(-c2ccc(F)c(F)c2)nc(=S)c1C(C)C. The fraction of sp³-hybridized carbons (Fsp3) is 0.286. The van der Waals surface area contributed by atoms with Crippen molar-refractivity contribution in [1.29, 1.82) is 0 Å². The molecule has 0 bridgehead atoms. The molecule has 1 heterocycles. The second-order valence-electron chi connectivity index (χ2n) is 4.71. The van der Waals surface area contributed by atoms with Crippen molar-refractivity contribution in [2.45, 2.75) is 26.7 Å². The van der Waals surface area contributed by atoms with Gasteiger partial charge in [-0.2, -0.15) is 0 Å². The lowest BCUT2D eigenvalue weighted by Crippen LogP contribution is -2.02. The highest BCUT2D eigenvalue weighted by atomic mass is 32.1. The van der Waals surface area contributed by atoms with Crippen LogP contribution < -0.4 is 0 Å². The highest BCUT2D eigenvalue weighted by molar-refractivity contribution is 7.71. The van der Waals surface area contributed by atoms with Gasteiger partial charge in [-0.25, -0.2) is 13.8 Å². The Bertz CT molecular complexity index is 678. The minimum absolute atomic E-state index is 0.259. The van der Waals surface area contributed by atoms with Crippen molar-refractivity contribution in [3.63, 3.8) is 0 Å². The summed E-state index contributed by atoms with van der Waals surface area (Å²) in [6, 6.07) is 3.66. The fourth-order valence-electron chi connectivity index (χ4n) is 2.06. The summed E-state index contributed by atoms with van der Waals surface area (Å²) in [5, 5.41) is 0. The third-order valence-corrected chi connectivity index (χ3v) is 3.24. The van der Waals surface area contributed by atoms with E-state index in [-0.39, 0.29) is 5.92 Å². The van der Waals surface area contributed by atoms with Crippen LogP contribution in [0, 0.1) is 23.2 Å². The predicted octanol–water partition coefficient (Wildman–Crippen LogP) is 4.52. The van der Waals surface area contributed by atoms with E-state index in [1.165, 1.54) is 6.07 Å². The van der Waals surface area contributed by atoms with Crippen LogP contribution in [0.5, 0.6) is 0 Å². The van der Waals surface area contributed by atoms with Gasteiger partial charge < -0.3 is 4.98 Å². The number of aromatic nitrogens is 2. The van der Waals surface area contributed by atoms with E-state index in [1.807, 2.05) is 20.8 Å². The van der Waals surface area contributed by atoms with Crippen LogP contribution in [0.25, 0.3) is 11.4 Å². The molecule has 0 atom stereocenters. The Morgan fingerprint density at radius 1 is 1.21 bits per heavy atom. The van der Waals surface area contributed by atoms with Crippen molar-refractivity contribution in [2.24, 2.45) is 0 Å². The van der Waals surface area contributed by atoms with E-state index in [0.717, 1.165) is 23.4 Å². The van der Waals surface area contributed by atoms with Gasteiger partial charge in [-0.15, -0.1) is 0 Å². The molecule has 19 heavy (non-hydrogen) atoms. The molecule has 1 aromatic heterocycles. The first kappa shape index (κ1) is 13.8. The minimum Gasteiger partial charge on any atom is -0.343 e. The minimum atomic E-state index is -0.899. The van der Waals surface area contributed by atoms with Gasteiger partial charge in [-0.05, 0) is 31.0 Å². The number of aromatic amines is 1. The standard InChI is InChI=1S/C14H14F2N2S/c1-7(2)12-8(3)17-13(18-14(12)19)9-4-5-10(15)11(16)6-9/h4-7H,1-3H3,(H,17,18,19). The molecule has 2 aromatic rings. The molecular weight excluding hydrogens is 266 g/mol. The Morgan fingerprint density at radius 2 is 1.89 bits per heavy atom. The van der Waals surface area contributed by atoms with E-state index in [0.29, 0.717) is 16.0 Å². The molecule has 2 nitrogen and oxygen atoms in total. The van der Waals surface area contributed by atoms with Gasteiger partial charge in [-0.3, -0.25) is 0 Å². The monoisotopic (exact) mass is 280 g/mol. The predicted molar refractivity (Wildman–Crippen MR) is 73.6 cm³/mol. The van der Waals surface area contributed by atoms with Crippen molar-refractivity contribution < 1.29 is 8.78 Å². The molecule has 2 rings (SSSR count). The molecule has 1 N–H and O–H groups in total. The van der Waals surface area contributed by atoms with E-state index in [1.54, 1.807) is 0 Å². The third kappa shape index (κ3) is 2.71. The van der Waals surface area contributed by atoms with Gasteiger partial charge in [0.15, 0.2) is 11.6 Å². The lowest BCUT2D eigenvalue weighted by Gasteiger charge is -2.11. The van der Waals surface area contributed by atoms with Crippen LogP contribution in [0.4, 0.5) is 8.78 Å². The van der Waals surface area contributed by atoms with Crippen LogP contribution in [-0.4, -0.2) is 9.97 Å². The maximum absolute atomic E-state index is 13.2. The Kier molecular flexibility index (Phi) is 3.75. The highest BCUT2D eigenvalue weighted by Gasteiger charge is 2.11. The summed E-state index contributed by atoms with van der Waals surface area (Å²) in [6.07, 6.45) is 0. The maximum atomic E-state index is 13.2. The average Bonchev–Trinajstić information content (AvgIpc) is 2.31. The molecule has 0 saturated carbocycles. The van der Waals surface area contributed by atoms with E-state index < -0.39 is 11.6 Å². The third-order valence-electron chi connectivity index (χ3n) is 2.92. The molecular formula is C14H14F2N2S. The summed E-state index contributed by atoms with van der Waals surface area (Å²) >= 11 is 5.26. The summed E-state index contributed by atoms with van der Waals surface area (Å²) in [5.41, 5.74) is 2.35. The molecule has 5 heteroatoms. The van der Waals surface area contributed by atoms with Crippen molar-refractivity contribution in [1.82, 2.24) is 9.97 Å². The van der Waals surface area contributed by atoms with Crippen LogP contribution in [0.3, 0.4) is 0 Å². The summed E-state index contributed by atoms with van der Waals surface area (Å²) in [5.74, 6) is -1.07. The van der Waals surface area contributed by atoms with Crippen LogP contribution in [0.1, 0.15) is 31.0 Å². The lowest BCUT2D eigenvalue weighted by molar-refractivity contribution is 0.509. The molecule has 0 saturated heterocycles. The number of benzene rings is 1. The summed E-state index contributed by atoms with van der Waals surface area (Å²) in [6.45, 7) is 5.96. The smallest absolute Gasteiger partial charge is 0.159 e. The van der Waals surface area contributed by atoms with Gasteiger partial charge in [-0.1, -0.05) is 26.1 Å². The van der Waals surface area contributed by atoms with E-state index in [4.69, 9.17) is 12.2 Å². The molecule has 0 aliphatic heterocycles. The number of halogens is 2. The molecule has 100 valence electrons. The van der Waals surface area contributed by atoms with Crippen molar-refractivity contribution in [2.75, 3.05) is 0 Å². The first-order valence-corrected chi connectivity index (χ1v) is 6.37. The Hall–Kier alpha value is -1.62. The van der Waals surface area contributed by atoms with Crippen LogP contribution in [-0.2, 0) is 0 Å². The van der Waals surface area contributed by atoms with Gasteiger partial charge in [0, 0.05) is 16.8 Å². The fourth-order valence-corrected chi connectivity index (χ4v) is 2.54. The van der Waals surface area contributed by atoms with Gasteiger partial charge >= 0.3 is 0 Å². The second kappa shape index (κ2) is 5.17. The van der Waals surface area contributed by atoms with Crippen molar-refractivity contribution >= 4 is 12.2 Å². The van der Waals surface area contributed by atoms with Crippen molar-refractivity contribution in [3.05, 3.63) is 45.7 Å². The summed E-state index contributed by atoms with van der Waals surface area (Å²) in [4.78, 5) is 7.36. The molecule has 0 aliphatic carbocycles. The number of rotatable bonds is 2. The molecule has 0 spiro atoms. The maximum Gasteiger partial charge on any atom is 0.159 e. The van der Waals surface area contributed by atoms with E-state index in [9.17, 15) is 8.78 Å². The summed E-state index contributed by atoms with van der Waals surface area (Å²) < 4.78 is 26.6. The van der Waals surface area contributed by atoms with Gasteiger partial charge in [0.1, 0.15) is 10.5 Å². The van der Waals surface area contributed by atoms with Gasteiger partial charge in [0.2, 0.25) is 0 Å². The molecule has 0 radical (unpaired) electrons. The number of hydrogen-bond donors (Lipinski definition) is 1. The number of nitrogens with zero attached hydrogens (tertiary/aromatic N) is 1. The zero-order valence-electron chi connectivity index (χ0n) is 10.9. The number of hydrogen-bond acceptors (Lipinski definition) is 2. The van der Waals surface area contributed by atoms with Gasteiger partial charge in [0.05, 0.1) is 0 Å². The largest absolute Gasteiger partial charge is 0.343 e. The average molecular weight is 280 g/mol. The Balaban J connectivity index is 2.58. The number of aryl methyl sites for hydroxylation is 1. The zero-order chi connectivity index (χ0) is 14.2. The Labute approximate surface area is 115 Å². The molecule has 0 amide bonds. The van der Waals surface area contributed by atoms with Crippen LogP contribution in [0.2, 0.25) is 0 Å². The first-order chi connectivity index (χ1) is 8.90. The van der Waals surface area contributed by atoms with Crippen molar-refractivity contribution in [3.8, 4) is 11.4 Å². The normalized spacial score (nSPS) is 11.1. The topological polar surface area (TPSA) is 28.7 Å². The molecule has 0 aliphatic rings. The van der Waals surface area contributed by atoms with Gasteiger partial charge in [0.25, 0.3) is 0 Å². The van der Waals surface area contributed by atoms with E-state index >= 15 is 0 Å². The zero-order valence-corrected chi connectivity index (χ0v) is 11.7. The quantitative estimate of drug-likeness (QED) is 0.819. The molecule has 0 unspecified atom stereocenters. The highest BCUT2D eigenvalue weighted by Crippen LogP contribution is 2.23. The lowest BCUT2D eigenvalue weighted by atomic mass is 10.0. The number of nitrogens with one attached hydrogen (secondary N) is 1. The first-order valence-electron chi connectivity index (χ1n) is 5.96. The molecule has 1 aromatic carbocycles. The molecule has 0 fully saturated rings. The second-order valence-corrected chi connectivity index (χ2v) is 5.10. The van der Waals surface area contributed by atoms with Crippen LogP contribution in [0.15, 0.2) is 18.2 Å². The van der Waals surface area contributed by atoms with Crippen LogP contribution >= 0.6 is 12.2 Å². The summed E-state index contributed by atoms with van der Waals surface area (Å²) in [7, 11) is 0.